The normalized spacial score (nSPS) is 14.3. The number of aliphatic carboxylic acids is 1. The van der Waals surface area contributed by atoms with Gasteiger partial charge >= 0.3 is 5.97 Å². The smallest absolute Gasteiger partial charge is 0.322 e. The summed E-state index contributed by atoms with van der Waals surface area (Å²) in [6.07, 6.45) is 0.584. The topological polar surface area (TPSA) is 180 Å². The fraction of sp³-hybridized carbons (Fsp3) is 0.560. The van der Waals surface area contributed by atoms with Crippen LogP contribution in [-0.2, 0) is 30.4 Å². The van der Waals surface area contributed by atoms with Crippen molar-refractivity contribution in [3.8, 4) is 0 Å². The zero-order valence-corrected chi connectivity index (χ0v) is 21.5. The van der Waals surface area contributed by atoms with Crippen molar-refractivity contribution in [2.75, 3.05) is 6.54 Å². The predicted octanol–water partition coefficient (Wildman–Crippen LogP) is -0.0664. The SMILES string of the molecule is CC(C)C[C@H](NC(=O)[C@@H](NC(=O)[C@H](C)NC(=O)[C@@H](N)Cc1ccccc1)C(C)C)C(=O)NCC(=O)O. The van der Waals surface area contributed by atoms with E-state index in [1.807, 2.05) is 44.2 Å². The Balaban J connectivity index is 2.78. The quantitative estimate of drug-likeness (QED) is 0.205. The summed E-state index contributed by atoms with van der Waals surface area (Å²) >= 11 is 0. The molecule has 0 aliphatic heterocycles. The van der Waals surface area contributed by atoms with Crippen LogP contribution in [0.1, 0.15) is 46.6 Å². The van der Waals surface area contributed by atoms with E-state index in [2.05, 4.69) is 21.3 Å². The average molecular weight is 506 g/mol. The first-order valence-corrected chi connectivity index (χ1v) is 12.0. The molecule has 0 aromatic heterocycles. The standard InChI is InChI=1S/C25H39N5O6/c1-14(2)11-19(24(35)27-13-20(31)32)29-25(36)21(15(3)4)30-22(33)16(5)28-23(34)18(26)12-17-9-7-6-8-10-17/h6-10,14-16,18-19,21H,11-13,26H2,1-5H3,(H,27,35)(H,28,34)(H,29,36)(H,30,33)(H,31,32)/t16-,18-,19-,21-/m0/s1. The van der Waals surface area contributed by atoms with Crippen LogP contribution in [0.25, 0.3) is 0 Å². The van der Waals surface area contributed by atoms with Crippen LogP contribution in [0.3, 0.4) is 0 Å². The molecule has 200 valence electrons. The van der Waals surface area contributed by atoms with Crippen LogP contribution in [0.5, 0.6) is 0 Å². The molecule has 0 heterocycles. The molecular formula is C25H39N5O6. The first-order chi connectivity index (χ1) is 16.8. The molecule has 7 N–H and O–H groups in total. The van der Waals surface area contributed by atoms with E-state index in [-0.39, 0.29) is 18.3 Å². The molecule has 0 saturated heterocycles. The van der Waals surface area contributed by atoms with Crippen molar-refractivity contribution in [2.24, 2.45) is 17.6 Å². The van der Waals surface area contributed by atoms with Crippen molar-refractivity contribution in [1.82, 2.24) is 21.3 Å². The lowest BCUT2D eigenvalue weighted by atomic mass is 9.99. The summed E-state index contributed by atoms with van der Waals surface area (Å²) in [5.74, 6) is -3.80. The zero-order valence-electron chi connectivity index (χ0n) is 21.5. The Hall–Kier alpha value is -3.47. The molecule has 1 aromatic rings. The molecule has 4 amide bonds. The Kier molecular flexibility index (Phi) is 12.6. The van der Waals surface area contributed by atoms with E-state index < -0.39 is 60.3 Å². The molecule has 0 saturated carbocycles. The molecular weight excluding hydrogens is 466 g/mol. The highest BCUT2D eigenvalue weighted by Gasteiger charge is 2.31. The van der Waals surface area contributed by atoms with Crippen LogP contribution >= 0.6 is 0 Å². The van der Waals surface area contributed by atoms with Gasteiger partial charge in [-0.25, -0.2) is 0 Å². The molecule has 1 rings (SSSR count). The van der Waals surface area contributed by atoms with Gasteiger partial charge in [-0.05, 0) is 37.2 Å². The fourth-order valence-corrected chi connectivity index (χ4v) is 3.41. The predicted molar refractivity (Wildman–Crippen MR) is 135 cm³/mol. The largest absolute Gasteiger partial charge is 0.480 e. The number of carboxylic acids is 1. The van der Waals surface area contributed by atoms with E-state index in [0.717, 1.165) is 5.56 Å². The highest BCUT2D eigenvalue weighted by molar-refractivity contribution is 5.95. The minimum Gasteiger partial charge on any atom is -0.480 e. The second-order valence-corrected chi connectivity index (χ2v) is 9.56. The summed E-state index contributed by atoms with van der Waals surface area (Å²) in [6, 6.07) is 5.47. The van der Waals surface area contributed by atoms with E-state index in [4.69, 9.17) is 10.8 Å². The van der Waals surface area contributed by atoms with Gasteiger partial charge in [0, 0.05) is 0 Å². The van der Waals surface area contributed by atoms with Crippen molar-refractivity contribution in [3.63, 3.8) is 0 Å². The first kappa shape index (κ1) is 30.6. The van der Waals surface area contributed by atoms with Gasteiger partial charge < -0.3 is 32.1 Å². The molecule has 0 spiro atoms. The first-order valence-electron chi connectivity index (χ1n) is 12.0. The number of carbonyl (C=O) groups excluding carboxylic acids is 4. The fourth-order valence-electron chi connectivity index (χ4n) is 3.41. The number of hydrogen-bond acceptors (Lipinski definition) is 6. The van der Waals surface area contributed by atoms with Gasteiger partial charge in [0.2, 0.25) is 23.6 Å². The van der Waals surface area contributed by atoms with Gasteiger partial charge in [-0.3, -0.25) is 24.0 Å². The third-order valence-corrected chi connectivity index (χ3v) is 5.39. The molecule has 4 atom stereocenters. The number of benzene rings is 1. The maximum atomic E-state index is 13.0. The van der Waals surface area contributed by atoms with E-state index >= 15 is 0 Å². The minimum atomic E-state index is -1.20. The summed E-state index contributed by atoms with van der Waals surface area (Å²) in [4.78, 5) is 61.4. The number of nitrogens with one attached hydrogen (secondary N) is 4. The average Bonchev–Trinajstić information content (AvgIpc) is 2.80. The second kappa shape index (κ2) is 14.8. The molecule has 0 radical (unpaired) electrons. The Morgan fingerprint density at radius 1 is 0.833 bits per heavy atom. The maximum absolute atomic E-state index is 13.0. The molecule has 36 heavy (non-hydrogen) atoms. The molecule has 0 unspecified atom stereocenters. The van der Waals surface area contributed by atoms with Gasteiger partial charge in [-0.1, -0.05) is 58.0 Å². The molecule has 11 heteroatoms. The second-order valence-electron chi connectivity index (χ2n) is 9.56. The van der Waals surface area contributed by atoms with Gasteiger partial charge in [0.25, 0.3) is 0 Å². The van der Waals surface area contributed by atoms with Crippen molar-refractivity contribution < 1.29 is 29.1 Å². The van der Waals surface area contributed by atoms with E-state index in [1.54, 1.807) is 13.8 Å². The lowest BCUT2D eigenvalue weighted by Gasteiger charge is -2.27. The lowest BCUT2D eigenvalue weighted by molar-refractivity contribution is -0.138. The van der Waals surface area contributed by atoms with Crippen LogP contribution in [0, 0.1) is 11.8 Å². The Morgan fingerprint density at radius 3 is 1.97 bits per heavy atom. The third-order valence-electron chi connectivity index (χ3n) is 5.39. The third kappa shape index (κ3) is 10.9. The van der Waals surface area contributed by atoms with Crippen LogP contribution in [0.4, 0.5) is 0 Å². The van der Waals surface area contributed by atoms with Crippen LogP contribution in [0.15, 0.2) is 30.3 Å². The summed E-state index contributed by atoms with van der Waals surface area (Å²) in [6.45, 7) is 8.09. The molecule has 0 aliphatic carbocycles. The van der Waals surface area contributed by atoms with Gasteiger partial charge in [0.05, 0.1) is 6.04 Å². The van der Waals surface area contributed by atoms with Gasteiger partial charge in [0.1, 0.15) is 24.7 Å². The Labute approximate surface area is 212 Å². The molecule has 0 aliphatic rings. The summed E-state index contributed by atoms with van der Waals surface area (Å²) in [5, 5.41) is 18.9. The number of nitrogens with two attached hydrogens (primary N) is 1. The van der Waals surface area contributed by atoms with Gasteiger partial charge in [-0.15, -0.1) is 0 Å². The number of carboxylic acid groups (broad SMARTS) is 1. The van der Waals surface area contributed by atoms with Crippen molar-refractivity contribution in [1.29, 1.82) is 0 Å². The highest BCUT2D eigenvalue weighted by atomic mass is 16.4. The number of carbonyl (C=O) groups is 5. The molecule has 1 aromatic carbocycles. The molecule has 0 fully saturated rings. The minimum absolute atomic E-state index is 0.0355. The number of rotatable bonds is 14. The van der Waals surface area contributed by atoms with Crippen LogP contribution in [0.2, 0.25) is 0 Å². The highest BCUT2D eigenvalue weighted by Crippen LogP contribution is 2.09. The summed E-state index contributed by atoms with van der Waals surface area (Å²) in [7, 11) is 0. The number of hydrogen-bond donors (Lipinski definition) is 6. The van der Waals surface area contributed by atoms with Gasteiger partial charge in [-0.2, -0.15) is 0 Å². The zero-order chi connectivity index (χ0) is 27.4. The van der Waals surface area contributed by atoms with E-state index in [1.165, 1.54) is 6.92 Å². The monoisotopic (exact) mass is 505 g/mol. The summed E-state index contributed by atoms with van der Waals surface area (Å²) < 4.78 is 0. The Bertz CT molecular complexity index is 905. The number of amides is 4. The molecule has 0 bridgehead atoms. The lowest BCUT2D eigenvalue weighted by Crippen LogP contribution is -2.58. The van der Waals surface area contributed by atoms with Crippen LogP contribution < -0.4 is 27.0 Å². The van der Waals surface area contributed by atoms with Crippen molar-refractivity contribution >= 4 is 29.6 Å². The van der Waals surface area contributed by atoms with E-state index in [0.29, 0.717) is 6.42 Å². The van der Waals surface area contributed by atoms with Crippen LogP contribution in [-0.4, -0.2) is 65.4 Å². The van der Waals surface area contributed by atoms with E-state index in [9.17, 15) is 24.0 Å². The maximum Gasteiger partial charge on any atom is 0.322 e. The van der Waals surface area contributed by atoms with Crippen molar-refractivity contribution in [2.45, 2.75) is 71.6 Å². The Morgan fingerprint density at radius 2 is 1.44 bits per heavy atom. The summed E-state index contributed by atoms with van der Waals surface area (Å²) in [5.41, 5.74) is 6.87. The molecule has 11 nitrogen and oxygen atoms in total. The van der Waals surface area contributed by atoms with Crippen molar-refractivity contribution in [3.05, 3.63) is 35.9 Å². The van der Waals surface area contributed by atoms with Gasteiger partial charge in [0.15, 0.2) is 0 Å².